The molecule has 0 atom stereocenters. The van der Waals surface area contributed by atoms with Gasteiger partial charge in [-0.15, -0.1) is 11.1 Å². The molecule has 6 aromatic rings. The monoisotopic (exact) mass is 2050 g/mol. The van der Waals surface area contributed by atoms with Crippen molar-refractivity contribution in [3.63, 3.8) is 0 Å². The van der Waals surface area contributed by atoms with E-state index in [2.05, 4.69) is 156 Å². The maximum Gasteiger partial charge on any atom is 0.494 e. The molecule has 24 nitrogen and oxygen atoms in total. The van der Waals surface area contributed by atoms with E-state index in [1.54, 1.807) is 28.4 Å². The van der Waals surface area contributed by atoms with E-state index in [4.69, 9.17) is 95.6 Å². The van der Waals surface area contributed by atoms with Gasteiger partial charge in [0.2, 0.25) is 0 Å². The molecule has 31 heteroatoms. The zero-order valence-electron chi connectivity index (χ0n) is 81.4. The second-order valence-electron chi connectivity index (χ2n) is 36.6. The van der Waals surface area contributed by atoms with Crippen LogP contribution in [-0.2, 0) is 161 Å². The number of methoxy groups -OCH3 is 4. The van der Waals surface area contributed by atoms with Crippen LogP contribution in [0.15, 0.2) is 126 Å². The number of carbonyl (C=O) groups excluding carboxylic acids is 2. The third kappa shape index (κ3) is 36.6. The Hall–Kier alpha value is -4.49. The molecule has 3 saturated heterocycles. The fourth-order valence-electron chi connectivity index (χ4n) is 16.3. The summed E-state index contributed by atoms with van der Waals surface area (Å²) in [5.74, 6) is -0.219. The first kappa shape index (κ1) is 120. The minimum Gasteiger partial charge on any atom is -0.494 e. The van der Waals surface area contributed by atoms with E-state index in [0.717, 1.165) is 122 Å². The minimum absolute atomic E-state index is 0. The van der Waals surface area contributed by atoms with Gasteiger partial charge in [-0.3, -0.25) is 19.2 Å². The van der Waals surface area contributed by atoms with Crippen LogP contribution in [0.4, 0.5) is 0 Å². The van der Waals surface area contributed by atoms with Crippen molar-refractivity contribution < 1.29 is 180 Å². The summed E-state index contributed by atoms with van der Waals surface area (Å²) < 4.78 is 93.1. The molecule has 0 saturated carbocycles. The molecular weight excluding hydrogens is 1900 g/mol. The first-order valence-electron chi connectivity index (χ1n) is 46.1. The van der Waals surface area contributed by atoms with Crippen LogP contribution < -0.4 is 20.4 Å². The SMILES string of the molecule is C.CB(O)O.CB1OC(C)(C)C(C)(C)O1.CC1(C)OB(c2ccc(OCCCCCC(=O)CCC(=O)O)cc2)OC1(C)C.COCCOCCCC1(CCCOCCOC)c2c[c-]ccc2-c2ccc(-c3ccc(OCCCCCC(=O)CCC(=O)O)cc3)cc21.COCCOCCCC1(CCCOCCOC)c2cc(Br)ccc2-c2ccc(B3OC(C)(C)C(C)(C)O3)cc21.[Y].[Y]. The summed E-state index contributed by atoms with van der Waals surface area (Å²) in [5, 5.41) is 32.5. The quantitative estimate of drug-likeness (QED) is 0.0157. The molecule has 11 rings (SSSR count). The maximum atomic E-state index is 11.8. The van der Waals surface area contributed by atoms with Gasteiger partial charge in [-0.25, -0.2) is 0 Å². The Morgan fingerprint density at radius 2 is 0.712 bits per heavy atom. The average Bonchev–Trinajstić information content (AvgIpc) is 1.57. The molecule has 3 aliphatic heterocycles. The molecule has 132 heavy (non-hydrogen) atoms. The van der Waals surface area contributed by atoms with Gasteiger partial charge in [-0.05, 0) is 284 Å². The minimum atomic E-state index is -1.17. The molecular formula is C101H150B4BrO24Y2-. The number of rotatable bonds is 51. The maximum absolute atomic E-state index is 11.8. The molecule has 2 aliphatic carbocycles. The summed E-state index contributed by atoms with van der Waals surface area (Å²) in [5.41, 5.74) is 12.7. The van der Waals surface area contributed by atoms with Crippen molar-refractivity contribution in [3.8, 4) is 44.9 Å². The Kier molecular flexibility index (Phi) is 53.7. The summed E-state index contributed by atoms with van der Waals surface area (Å²) in [6, 6.07) is 46.1. The average molecular weight is 2050 g/mol. The number of fused-ring (bicyclic) bond motifs is 6. The number of carbonyl (C=O) groups is 4. The predicted octanol–water partition coefficient (Wildman–Crippen LogP) is 18.4. The van der Waals surface area contributed by atoms with E-state index in [9.17, 15) is 19.2 Å². The van der Waals surface area contributed by atoms with E-state index in [1.807, 2.05) is 77.0 Å². The number of carboxylic acids is 2. The van der Waals surface area contributed by atoms with Crippen LogP contribution in [0.1, 0.15) is 241 Å². The number of benzene rings is 6. The van der Waals surface area contributed by atoms with Crippen molar-refractivity contribution in [2.75, 3.05) is 121 Å². The van der Waals surface area contributed by atoms with E-state index in [-0.39, 0.29) is 169 Å². The number of unbranched alkanes of at least 4 members (excludes halogenated alkanes) is 4. The van der Waals surface area contributed by atoms with Crippen molar-refractivity contribution in [1.29, 1.82) is 0 Å². The molecule has 0 aromatic heterocycles. The van der Waals surface area contributed by atoms with Crippen LogP contribution in [0.2, 0.25) is 13.6 Å². The van der Waals surface area contributed by atoms with E-state index in [0.29, 0.717) is 105 Å². The van der Waals surface area contributed by atoms with E-state index >= 15 is 0 Å². The van der Waals surface area contributed by atoms with Gasteiger partial charge < -0.3 is 95.6 Å². The van der Waals surface area contributed by atoms with Gasteiger partial charge in [0.05, 0.1) is 113 Å². The van der Waals surface area contributed by atoms with Crippen molar-refractivity contribution in [2.45, 2.75) is 277 Å². The van der Waals surface area contributed by atoms with Gasteiger partial charge >= 0.3 is 40.4 Å². The van der Waals surface area contributed by atoms with Crippen LogP contribution in [0.3, 0.4) is 0 Å². The number of aliphatic carboxylic acids is 2. The van der Waals surface area contributed by atoms with Crippen molar-refractivity contribution in [1.82, 2.24) is 0 Å². The Balaban J connectivity index is 0.000000390. The third-order valence-corrected chi connectivity index (χ3v) is 25.8. The number of hydrogen-bond donors (Lipinski definition) is 4. The van der Waals surface area contributed by atoms with Crippen molar-refractivity contribution >= 4 is 78.8 Å². The van der Waals surface area contributed by atoms with Crippen molar-refractivity contribution in [3.05, 3.63) is 154 Å². The van der Waals surface area contributed by atoms with E-state index < -0.39 is 26.2 Å². The first-order chi connectivity index (χ1) is 61.3. The third-order valence-electron chi connectivity index (χ3n) is 25.3. The number of hydrogen-bond acceptors (Lipinski definition) is 22. The van der Waals surface area contributed by atoms with Gasteiger partial charge in [0, 0.05) is 156 Å². The number of carboxylic acid groups (broad SMARTS) is 2. The Morgan fingerprint density at radius 1 is 0.379 bits per heavy atom. The van der Waals surface area contributed by atoms with Crippen molar-refractivity contribution in [2.24, 2.45) is 0 Å². The normalized spacial score (nSPS) is 16.2. The van der Waals surface area contributed by atoms with Gasteiger partial charge in [-0.2, -0.15) is 24.3 Å². The van der Waals surface area contributed by atoms with Gasteiger partial charge in [0.15, 0.2) is 0 Å². The molecule has 2 radical (unpaired) electrons. The predicted molar refractivity (Wildman–Crippen MR) is 519 cm³/mol. The summed E-state index contributed by atoms with van der Waals surface area (Å²) in [6.45, 7) is 36.7. The molecule has 6 aromatic carbocycles. The summed E-state index contributed by atoms with van der Waals surface area (Å²) in [6.07, 6.45) is 13.5. The van der Waals surface area contributed by atoms with Gasteiger partial charge in [0.25, 0.3) is 0 Å². The number of ketones is 2. The standard InChI is InChI=1S/C40H51O8.C31H44BBrO6.C21H31BO6.C7H15BO2.CH5BO2.CH4.2Y/c1-44-26-28-46-23-8-21-40(22-9-24-47-29-27-45-2)37-12-6-5-11-35(37)36-19-15-32(30-38(36)40)31-13-17-34(18-14-31)48-25-7-3-4-10-33(41)16-20-39(42)43;1-29(2)30(3,4)39-32(38-29)23-9-11-25-26-12-10-24(33)22-28(26)31(27(25)21-23,13-7-15-36-19-17-34-5)14-8-16-37-20-18-35-6;1-20(2)21(3,4)28-22(27-20)16-9-12-18(13-10-16)26-15-7-5-6-8-17(23)11-14-19(24)25;1-6(2)7(3,4)10-8(5)9-6;1-2(3)4;;;/h5,11-15,17-19,30H,3-4,7-10,16,20-29H2,1-2H3,(H,42,43);9-12,21-22H,7-8,13-20H2,1-6H3;9-10,12-13H,5-8,11,14-15H2,1-4H3,(H,24,25);1-5H3;3-4H,1H3;1H4;;/q-1;;;;;;;. The Bertz CT molecular complexity index is 4300. The second-order valence-corrected chi connectivity index (χ2v) is 37.6. The Morgan fingerprint density at radius 3 is 1.10 bits per heavy atom. The molecule has 0 spiro atoms. The van der Waals surface area contributed by atoms with Crippen LogP contribution >= 0.6 is 15.9 Å². The molecule has 0 amide bonds. The molecule has 5 aliphatic rings. The largest absolute Gasteiger partial charge is 0.494 e. The number of Topliss-reactive ketones (excluding diaryl/α,β-unsaturated/α-hetero) is 2. The molecule has 4 N–H and O–H groups in total. The topological polar surface area (TPSA) is 297 Å². The van der Waals surface area contributed by atoms with Crippen LogP contribution in [0.5, 0.6) is 11.5 Å². The van der Waals surface area contributed by atoms with Crippen LogP contribution in [0.25, 0.3) is 33.4 Å². The van der Waals surface area contributed by atoms with Gasteiger partial charge in [0.1, 0.15) is 23.1 Å². The number of ether oxygens (including phenoxy) is 10. The van der Waals surface area contributed by atoms with Gasteiger partial charge in [-0.1, -0.05) is 90.1 Å². The molecule has 3 heterocycles. The number of halogens is 1. The summed E-state index contributed by atoms with van der Waals surface area (Å²) >= 11 is 3.76. The molecule has 0 unspecified atom stereocenters. The molecule has 0 bridgehead atoms. The molecule has 3 fully saturated rings. The fraction of sp³-hybridized carbons (Fsp3) is 0.604. The second kappa shape index (κ2) is 59.2. The summed E-state index contributed by atoms with van der Waals surface area (Å²) in [7, 11) is 4.78. The fourth-order valence-corrected chi connectivity index (χ4v) is 16.6. The molecule has 724 valence electrons. The zero-order chi connectivity index (χ0) is 94.5. The summed E-state index contributed by atoms with van der Waals surface area (Å²) in [4.78, 5) is 44.3. The first-order valence-corrected chi connectivity index (χ1v) is 46.8. The zero-order valence-corrected chi connectivity index (χ0v) is 88.6. The van der Waals surface area contributed by atoms with Crippen LogP contribution in [0, 0.1) is 6.07 Å². The van der Waals surface area contributed by atoms with E-state index in [1.165, 1.54) is 56.9 Å². The smallest absolute Gasteiger partial charge is 0.494 e. The Labute approximate surface area is 848 Å². The van der Waals surface area contributed by atoms with Crippen LogP contribution in [-0.4, -0.2) is 227 Å².